The average molecular weight is 368 g/mol. The quantitative estimate of drug-likeness (QED) is 0.795. The maximum Gasteiger partial charge on any atom is 0.260 e. The molecule has 2 amide bonds. The molecule has 2 rings (SSSR count). The Balaban J connectivity index is 1.69. The average Bonchev–Trinajstić information content (AvgIpc) is 2.60. The highest BCUT2D eigenvalue weighted by Crippen LogP contribution is 2.18. The monoisotopic (exact) mass is 367 g/mol. The number of amides is 2. The molecule has 138 valence electrons. The van der Waals surface area contributed by atoms with Gasteiger partial charge in [-0.1, -0.05) is 11.6 Å². The zero-order valence-electron chi connectivity index (χ0n) is 14.8. The number of rotatable bonds is 7. The first-order valence-electron chi connectivity index (χ1n) is 8.54. The molecule has 1 N–H and O–H groups in total. The number of halogens is 1. The SMILES string of the molecule is CN(C)CCNC(=O)C1CCN(C(=O)COc2ccc(Cl)cc2)CC1. The Morgan fingerprint density at radius 3 is 2.48 bits per heavy atom. The summed E-state index contributed by atoms with van der Waals surface area (Å²) in [6, 6.07) is 6.92. The van der Waals surface area contributed by atoms with Crippen LogP contribution in [0.4, 0.5) is 0 Å². The molecule has 0 bridgehead atoms. The largest absolute Gasteiger partial charge is 0.484 e. The van der Waals surface area contributed by atoms with Crippen molar-refractivity contribution in [3.63, 3.8) is 0 Å². The molecule has 0 aromatic heterocycles. The van der Waals surface area contributed by atoms with Crippen LogP contribution in [0, 0.1) is 5.92 Å². The van der Waals surface area contributed by atoms with Gasteiger partial charge in [0.25, 0.3) is 5.91 Å². The Hall–Kier alpha value is -1.79. The summed E-state index contributed by atoms with van der Waals surface area (Å²) < 4.78 is 5.49. The first-order chi connectivity index (χ1) is 12.0. The molecule has 1 aliphatic heterocycles. The summed E-state index contributed by atoms with van der Waals surface area (Å²) in [6.07, 6.45) is 1.39. The molecule has 1 aromatic rings. The van der Waals surface area contributed by atoms with Crippen molar-refractivity contribution < 1.29 is 14.3 Å². The van der Waals surface area contributed by atoms with Crippen LogP contribution in [0.5, 0.6) is 5.75 Å². The number of carbonyl (C=O) groups excluding carboxylic acids is 2. The van der Waals surface area contributed by atoms with Gasteiger partial charge in [0.2, 0.25) is 5.91 Å². The van der Waals surface area contributed by atoms with E-state index in [1.807, 2.05) is 19.0 Å². The highest BCUT2D eigenvalue weighted by atomic mass is 35.5. The summed E-state index contributed by atoms with van der Waals surface area (Å²) in [5.74, 6) is 0.643. The minimum Gasteiger partial charge on any atom is -0.484 e. The third-order valence-corrected chi connectivity index (χ3v) is 4.50. The highest BCUT2D eigenvalue weighted by molar-refractivity contribution is 6.30. The third-order valence-electron chi connectivity index (χ3n) is 4.25. The number of hydrogen-bond acceptors (Lipinski definition) is 4. The van der Waals surface area contributed by atoms with Crippen LogP contribution >= 0.6 is 11.6 Å². The Kier molecular flexibility index (Phi) is 7.52. The fourth-order valence-corrected chi connectivity index (χ4v) is 2.83. The van der Waals surface area contributed by atoms with Gasteiger partial charge in [0.15, 0.2) is 6.61 Å². The van der Waals surface area contributed by atoms with Gasteiger partial charge in [-0.3, -0.25) is 9.59 Å². The molecule has 0 aliphatic carbocycles. The van der Waals surface area contributed by atoms with E-state index < -0.39 is 0 Å². The maximum absolute atomic E-state index is 12.2. The Bertz CT molecular complexity index is 569. The molecule has 1 fully saturated rings. The van der Waals surface area contributed by atoms with Gasteiger partial charge >= 0.3 is 0 Å². The first kappa shape index (κ1) is 19.5. The van der Waals surface area contributed by atoms with Gasteiger partial charge < -0.3 is 19.9 Å². The number of nitrogens with one attached hydrogen (secondary N) is 1. The van der Waals surface area contributed by atoms with E-state index >= 15 is 0 Å². The molecule has 0 unspecified atom stereocenters. The number of benzene rings is 1. The minimum atomic E-state index is -0.0542. The molecule has 0 saturated carbocycles. The molecule has 0 spiro atoms. The zero-order chi connectivity index (χ0) is 18.2. The number of likely N-dealkylation sites (N-methyl/N-ethyl adjacent to an activating group) is 1. The third kappa shape index (κ3) is 6.55. The van der Waals surface area contributed by atoms with Crippen LogP contribution in [0.2, 0.25) is 5.02 Å². The number of ether oxygens (including phenoxy) is 1. The molecule has 1 aromatic carbocycles. The van der Waals surface area contributed by atoms with Crippen LogP contribution in [-0.2, 0) is 9.59 Å². The second-order valence-electron chi connectivity index (χ2n) is 6.49. The van der Waals surface area contributed by atoms with Crippen LogP contribution < -0.4 is 10.1 Å². The van der Waals surface area contributed by atoms with Crippen molar-refractivity contribution in [3.8, 4) is 5.75 Å². The van der Waals surface area contributed by atoms with Crippen LogP contribution in [0.3, 0.4) is 0 Å². The molecule has 1 saturated heterocycles. The molecule has 0 atom stereocenters. The molecule has 7 heteroatoms. The van der Waals surface area contributed by atoms with Gasteiger partial charge in [0.1, 0.15) is 5.75 Å². The molecular formula is C18H26ClN3O3. The predicted molar refractivity (Wildman–Crippen MR) is 97.8 cm³/mol. The lowest BCUT2D eigenvalue weighted by Crippen LogP contribution is -2.45. The number of nitrogens with zero attached hydrogens (tertiary/aromatic N) is 2. The number of carbonyl (C=O) groups is 2. The summed E-state index contributed by atoms with van der Waals surface area (Å²) in [5, 5.41) is 3.59. The molecule has 25 heavy (non-hydrogen) atoms. The molecular weight excluding hydrogens is 342 g/mol. The second-order valence-corrected chi connectivity index (χ2v) is 6.93. The summed E-state index contributed by atoms with van der Waals surface area (Å²) in [5.41, 5.74) is 0. The number of piperidine rings is 1. The lowest BCUT2D eigenvalue weighted by Gasteiger charge is -2.31. The van der Waals surface area contributed by atoms with Crippen molar-refractivity contribution in [1.82, 2.24) is 15.1 Å². The Labute approximate surface area is 154 Å². The van der Waals surface area contributed by atoms with Gasteiger partial charge in [-0.05, 0) is 51.2 Å². The predicted octanol–water partition coefficient (Wildman–Crippen LogP) is 1.64. The van der Waals surface area contributed by atoms with E-state index in [1.54, 1.807) is 29.2 Å². The van der Waals surface area contributed by atoms with E-state index in [2.05, 4.69) is 5.32 Å². The summed E-state index contributed by atoms with van der Waals surface area (Å²) in [4.78, 5) is 28.1. The van der Waals surface area contributed by atoms with Crippen molar-refractivity contribution in [1.29, 1.82) is 0 Å². The van der Waals surface area contributed by atoms with Crippen LogP contribution in [0.1, 0.15) is 12.8 Å². The van der Waals surface area contributed by atoms with E-state index in [0.29, 0.717) is 43.2 Å². The van der Waals surface area contributed by atoms with Gasteiger partial charge in [0.05, 0.1) is 0 Å². The fraction of sp³-hybridized carbons (Fsp3) is 0.556. The lowest BCUT2D eigenvalue weighted by molar-refractivity contribution is -0.137. The lowest BCUT2D eigenvalue weighted by atomic mass is 9.96. The van der Waals surface area contributed by atoms with Gasteiger partial charge in [-0.25, -0.2) is 0 Å². The highest BCUT2D eigenvalue weighted by Gasteiger charge is 2.27. The topological polar surface area (TPSA) is 61.9 Å². The van der Waals surface area contributed by atoms with E-state index in [-0.39, 0.29) is 24.3 Å². The maximum atomic E-state index is 12.2. The van der Waals surface area contributed by atoms with Crippen molar-refractivity contribution >= 4 is 23.4 Å². The normalized spacial score (nSPS) is 15.3. The summed E-state index contributed by atoms with van der Waals surface area (Å²) >= 11 is 5.82. The Morgan fingerprint density at radius 1 is 1.24 bits per heavy atom. The van der Waals surface area contributed by atoms with Crippen LogP contribution in [0.15, 0.2) is 24.3 Å². The van der Waals surface area contributed by atoms with Crippen LogP contribution in [0.25, 0.3) is 0 Å². The Morgan fingerprint density at radius 2 is 1.88 bits per heavy atom. The zero-order valence-corrected chi connectivity index (χ0v) is 15.6. The van der Waals surface area contributed by atoms with Gasteiger partial charge in [-0.15, -0.1) is 0 Å². The minimum absolute atomic E-state index is 0.00132. The fourth-order valence-electron chi connectivity index (χ4n) is 2.71. The van der Waals surface area contributed by atoms with E-state index in [0.717, 1.165) is 6.54 Å². The molecule has 0 radical (unpaired) electrons. The molecule has 1 heterocycles. The summed E-state index contributed by atoms with van der Waals surface area (Å²) in [7, 11) is 3.95. The van der Waals surface area contributed by atoms with E-state index in [9.17, 15) is 9.59 Å². The molecule has 6 nitrogen and oxygen atoms in total. The second kappa shape index (κ2) is 9.63. The van der Waals surface area contributed by atoms with E-state index in [1.165, 1.54) is 0 Å². The van der Waals surface area contributed by atoms with Gasteiger partial charge in [-0.2, -0.15) is 0 Å². The van der Waals surface area contributed by atoms with Crippen molar-refractivity contribution in [2.24, 2.45) is 5.92 Å². The van der Waals surface area contributed by atoms with E-state index in [4.69, 9.17) is 16.3 Å². The smallest absolute Gasteiger partial charge is 0.260 e. The van der Waals surface area contributed by atoms with Crippen molar-refractivity contribution in [2.75, 3.05) is 46.9 Å². The number of hydrogen-bond donors (Lipinski definition) is 1. The number of likely N-dealkylation sites (tertiary alicyclic amines) is 1. The van der Waals surface area contributed by atoms with Crippen molar-refractivity contribution in [2.45, 2.75) is 12.8 Å². The van der Waals surface area contributed by atoms with Crippen LogP contribution in [-0.4, -0.2) is 68.5 Å². The summed E-state index contributed by atoms with van der Waals surface area (Å²) in [6.45, 7) is 2.66. The molecule has 1 aliphatic rings. The standard InChI is InChI=1S/C18H26ClN3O3/c1-21(2)12-9-20-18(24)14-7-10-22(11-8-14)17(23)13-25-16-5-3-15(19)4-6-16/h3-6,14H,7-13H2,1-2H3,(H,20,24). The van der Waals surface area contributed by atoms with Crippen molar-refractivity contribution in [3.05, 3.63) is 29.3 Å². The van der Waals surface area contributed by atoms with Gasteiger partial charge in [0, 0.05) is 37.1 Å². The first-order valence-corrected chi connectivity index (χ1v) is 8.92.